The van der Waals surface area contributed by atoms with Gasteiger partial charge in [-0.15, -0.1) is 0 Å². The molecule has 3 aromatic carbocycles. The van der Waals surface area contributed by atoms with Gasteiger partial charge in [-0.25, -0.2) is 9.79 Å². The van der Waals surface area contributed by atoms with E-state index in [-0.39, 0.29) is 35.8 Å². The van der Waals surface area contributed by atoms with Crippen molar-refractivity contribution in [1.29, 1.82) is 0 Å². The molecule has 5 rings (SSSR count). The number of esters is 1. The number of fused-ring (bicyclic) bond motifs is 1. The Labute approximate surface area is 267 Å². The van der Waals surface area contributed by atoms with Crippen LogP contribution in [0.4, 0.5) is 5.69 Å². The van der Waals surface area contributed by atoms with E-state index in [9.17, 15) is 19.7 Å². The Bertz CT molecular complexity index is 1950. The summed E-state index contributed by atoms with van der Waals surface area (Å²) in [6.45, 7) is 5.70. The smallest absolute Gasteiger partial charge is 0.338 e. The zero-order valence-electron chi connectivity index (χ0n) is 23.3. The fourth-order valence-corrected chi connectivity index (χ4v) is 6.60. The average Bonchev–Trinajstić information content (AvgIpc) is 3.26. The molecule has 0 saturated carbocycles. The van der Waals surface area contributed by atoms with Crippen LogP contribution in [0.2, 0.25) is 0 Å². The van der Waals surface area contributed by atoms with Crippen LogP contribution in [0.3, 0.4) is 0 Å². The van der Waals surface area contributed by atoms with Gasteiger partial charge in [-0.05, 0) is 77.7 Å². The van der Waals surface area contributed by atoms with Gasteiger partial charge in [0.05, 0.1) is 37.8 Å². The van der Waals surface area contributed by atoms with E-state index in [1.807, 2.05) is 55.5 Å². The molecule has 2 heterocycles. The molecule has 0 bridgehead atoms. The summed E-state index contributed by atoms with van der Waals surface area (Å²) < 4.78 is 14.3. The van der Waals surface area contributed by atoms with E-state index in [0.29, 0.717) is 25.1 Å². The second-order valence-corrected chi connectivity index (χ2v) is 12.5. The molecule has 0 fully saturated rings. The van der Waals surface area contributed by atoms with E-state index in [4.69, 9.17) is 9.47 Å². The van der Waals surface area contributed by atoms with Gasteiger partial charge in [0.15, 0.2) is 4.80 Å². The van der Waals surface area contributed by atoms with E-state index < -0.39 is 16.9 Å². The Morgan fingerprint density at radius 3 is 2.47 bits per heavy atom. The van der Waals surface area contributed by atoms with E-state index >= 15 is 0 Å². The first-order valence-electron chi connectivity index (χ1n) is 13.2. The predicted molar refractivity (Wildman–Crippen MR) is 171 cm³/mol. The molecule has 0 radical (unpaired) electrons. The molecule has 1 aromatic heterocycles. The summed E-state index contributed by atoms with van der Waals surface area (Å²) in [4.78, 5) is 43.5. The number of thiazole rings is 1. The monoisotopic (exact) mass is 725 g/mol. The summed E-state index contributed by atoms with van der Waals surface area (Å²) in [6, 6.07) is 17.3. The van der Waals surface area contributed by atoms with E-state index in [1.54, 1.807) is 26.0 Å². The highest BCUT2D eigenvalue weighted by Crippen LogP contribution is 2.37. The van der Waals surface area contributed by atoms with E-state index in [2.05, 4.69) is 36.9 Å². The number of aromatic nitrogens is 1. The molecule has 0 unspecified atom stereocenters. The number of hydrogen-bond acceptors (Lipinski definition) is 8. The highest BCUT2D eigenvalue weighted by atomic mass is 79.9. The minimum Gasteiger partial charge on any atom is -0.481 e. The topological polar surface area (TPSA) is 113 Å². The van der Waals surface area contributed by atoms with Crippen molar-refractivity contribution in [1.82, 2.24) is 4.57 Å². The maximum Gasteiger partial charge on any atom is 0.338 e. The molecule has 0 aliphatic carbocycles. The molecule has 220 valence electrons. The van der Waals surface area contributed by atoms with Crippen molar-refractivity contribution in [2.45, 2.75) is 33.4 Å². The lowest BCUT2D eigenvalue weighted by atomic mass is 9.95. The summed E-state index contributed by atoms with van der Waals surface area (Å²) in [5.74, 6) is -0.456. The number of ether oxygens (including phenoxy) is 2. The standard InChI is InChI=1S/C31H25Br2N3O6S/c1-4-41-30(38)26-18(3)34-31-35(27(26)21-9-5-17(2)6-10-21)29(37)25(43-31)15-20-13-23(33)28(24(14-20)36(39)40)42-16-19-7-11-22(32)12-8-19/h5-15,27H,4,16H2,1-3H3/b25-15-/t27-/m0/s1. The highest BCUT2D eigenvalue weighted by molar-refractivity contribution is 9.10. The van der Waals surface area contributed by atoms with Gasteiger partial charge < -0.3 is 9.47 Å². The van der Waals surface area contributed by atoms with Gasteiger partial charge in [0.25, 0.3) is 5.56 Å². The van der Waals surface area contributed by atoms with Gasteiger partial charge in [-0.3, -0.25) is 19.5 Å². The molecule has 1 atom stereocenters. The first-order chi connectivity index (χ1) is 20.6. The molecule has 0 saturated heterocycles. The van der Waals surface area contributed by atoms with Crippen molar-refractivity contribution >= 4 is 60.9 Å². The molecule has 1 aliphatic heterocycles. The number of allylic oxidation sites excluding steroid dienone is 1. The number of carbonyl (C=O) groups is 1. The Hall–Kier alpha value is -3.87. The van der Waals surface area contributed by atoms with Crippen molar-refractivity contribution in [2.24, 2.45) is 4.99 Å². The Morgan fingerprint density at radius 2 is 1.81 bits per heavy atom. The maximum atomic E-state index is 13.9. The molecular formula is C31H25Br2N3O6S. The minimum absolute atomic E-state index is 0.0839. The number of nitro benzene ring substituents is 1. The first kappa shape index (κ1) is 30.6. The van der Waals surface area contributed by atoms with Crippen molar-refractivity contribution in [3.63, 3.8) is 0 Å². The number of aryl methyl sites for hydroxylation is 1. The number of carbonyl (C=O) groups excluding carboxylic acids is 1. The fourth-order valence-electron chi connectivity index (χ4n) is 4.70. The summed E-state index contributed by atoms with van der Waals surface area (Å²) in [7, 11) is 0. The minimum atomic E-state index is -0.742. The quantitative estimate of drug-likeness (QED) is 0.123. The van der Waals surface area contributed by atoms with E-state index in [0.717, 1.165) is 32.5 Å². The van der Waals surface area contributed by atoms with Gasteiger partial charge in [-0.2, -0.15) is 0 Å². The Balaban J connectivity index is 1.59. The molecule has 43 heavy (non-hydrogen) atoms. The van der Waals surface area contributed by atoms with Crippen LogP contribution in [-0.4, -0.2) is 22.1 Å². The molecule has 0 amide bonds. The van der Waals surface area contributed by atoms with Crippen molar-refractivity contribution < 1.29 is 19.2 Å². The molecule has 1 aliphatic rings. The van der Waals surface area contributed by atoms with Crippen LogP contribution in [0, 0.1) is 17.0 Å². The lowest BCUT2D eigenvalue weighted by Crippen LogP contribution is -2.39. The zero-order chi connectivity index (χ0) is 30.8. The maximum absolute atomic E-state index is 13.9. The molecule has 0 spiro atoms. The van der Waals surface area contributed by atoms with Crippen LogP contribution in [0.25, 0.3) is 6.08 Å². The largest absolute Gasteiger partial charge is 0.481 e. The second kappa shape index (κ2) is 12.8. The van der Waals surface area contributed by atoms with Gasteiger partial charge in [-0.1, -0.05) is 69.2 Å². The number of nitro groups is 1. The third-order valence-electron chi connectivity index (χ3n) is 6.75. The van der Waals surface area contributed by atoms with Crippen LogP contribution in [0.15, 0.2) is 90.7 Å². The van der Waals surface area contributed by atoms with Crippen molar-refractivity contribution in [2.75, 3.05) is 6.61 Å². The number of benzene rings is 3. The highest BCUT2D eigenvalue weighted by Gasteiger charge is 2.33. The molecule has 12 heteroatoms. The first-order valence-corrected chi connectivity index (χ1v) is 15.6. The number of rotatable bonds is 8. The number of hydrogen-bond donors (Lipinski definition) is 0. The van der Waals surface area contributed by atoms with Crippen LogP contribution in [-0.2, 0) is 16.1 Å². The fraction of sp³-hybridized carbons (Fsp3) is 0.194. The molecular weight excluding hydrogens is 702 g/mol. The average molecular weight is 727 g/mol. The Kier molecular flexibility index (Phi) is 9.09. The SMILES string of the molecule is CCOC(=O)C1=C(C)N=c2s/c(=C\c3cc(Br)c(OCc4ccc(Br)cc4)c([N+](=O)[O-])c3)c(=O)n2[C@H]1c1ccc(C)cc1. The number of nitrogens with zero attached hydrogens (tertiary/aromatic N) is 3. The summed E-state index contributed by atoms with van der Waals surface area (Å²) in [5.41, 5.74) is 3.16. The molecule has 0 N–H and O–H groups in total. The zero-order valence-corrected chi connectivity index (χ0v) is 27.3. The van der Waals surface area contributed by atoms with Gasteiger partial charge in [0.2, 0.25) is 5.75 Å². The van der Waals surface area contributed by atoms with Gasteiger partial charge in [0.1, 0.15) is 6.61 Å². The van der Waals surface area contributed by atoms with Gasteiger partial charge >= 0.3 is 11.7 Å². The molecule has 9 nitrogen and oxygen atoms in total. The third-order valence-corrected chi connectivity index (χ3v) is 8.85. The predicted octanol–water partition coefficient (Wildman–Crippen LogP) is 6.12. The van der Waals surface area contributed by atoms with Gasteiger partial charge in [0, 0.05) is 10.5 Å². The summed E-state index contributed by atoms with van der Waals surface area (Å²) in [6.07, 6.45) is 1.58. The van der Waals surface area contributed by atoms with Crippen LogP contribution in [0.5, 0.6) is 5.75 Å². The normalized spacial score (nSPS) is 14.7. The lowest BCUT2D eigenvalue weighted by molar-refractivity contribution is -0.386. The van der Waals surface area contributed by atoms with Crippen molar-refractivity contribution in [3.8, 4) is 5.75 Å². The molecule has 4 aromatic rings. The van der Waals surface area contributed by atoms with Crippen LogP contribution in [0.1, 0.15) is 42.1 Å². The Morgan fingerprint density at radius 1 is 1.12 bits per heavy atom. The van der Waals surface area contributed by atoms with E-state index in [1.165, 1.54) is 10.6 Å². The van der Waals surface area contributed by atoms with Crippen LogP contribution < -0.4 is 19.6 Å². The third kappa shape index (κ3) is 6.41. The summed E-state index contributed by atoms with van der Waals surface area (Å²) >= 11 is 7.95. The van der Waals surface area contributed by atoms with Crippen LogP contribution >= 0.6 is 43.2 Å². The second-order valence-electron chi connectivity index (χ2n) is 9.74. The lowest BCUT2D eigenvalue weighted by Gasteiger charge is -2.24. The van der Waals surface area contributed by atoms with Crippen molar-refractivity contribution in [3.05, 3.63) is 133 Å². The summed E-state index contributed by atoms with van der Waals surface area (Å²) in [5, 5.41) is 12.0. The number of halogens is 2.